The van der Waals surface area contributed by atoms with Gasteiger partial charge in [-0.2, -0.15) is 5.10 Å². The highest BCUT2D eigenvalue weighted by Crippen LogP contribution is 2.06. The number of ether oxygens (including phenoxy) is 1. The van der Waals surface area contributed by atoms with E-state index in [0.29, 0.717) is 18.1 Å². The maximum atomic E-state index is 11.5. The van der Waals surface area contributed by atoms with Crippen molar-refractivity contribution in [2.24, 2.45) is 0 Å². The van der Waals surface area contributed by atoms with Crippen molar-refractivity contribution in [2.75, 3.05) is 20.3 Å². The van der Waals surface area contributed by atoms with E-state index in [2.05, 4.69) is 27.4 Å². The first-order chi connectivity index (χ1) is 9.65. The second-order valence-electron chi connectivity index (χ2n) is 4.83. The SMILES string of the molecule is CCCNC(COC)Cc1cc2n[nH]c(=O)n2c(C)n1. The van der Waals surface area contributed by atoms with Crippen molar-refractivity contribution in [3.8, 4) is 0 Å². The summed E-state index contributed by atoms with van der Waals surface area (Å²) in [6.45, 7) is 5.50. The molecule has 20 heavy (non-hydrogen) atoms. The highest BCUT2D eigenvalue weighted by atomic mass is 16.5. The molecule has 0 aromatic carbocycles. The molecule has 0 aliphatic carbocycles. The van der Waals surface area contributed by atoms with E-state index >= 15 is 0 Å². The first-order valence-electron chi connectivity index (χ1n) is 6.81. The van der Waals surface area contributed by atoms with Crippen molar-refractivity contribution < 1.29 is 4.74 Å². The molecule has 2 aromatic heterocycles. The number of aromatic nitrogens is 4. The Hall–Kier alpha value is -1.73. The van der Waals surface area contributed by atoms with Gasteiger partial charge in [0.05, 0.1) is 6.61 Å². The third kappa shape index (κ3) is 3.23. The first-order valence-corrected chi connectivity index (χ1v) is 6.81. The monoisotopic (exact) mass is 279 g/mol. The van der Waals surface area contributed by atoms with Gasteiger partial charge in [0.25, 0.3) is 0 Å². The maximum absolute atomic E-state index is 11.5. The number of aryl methyl sites for hydroxylation is 1. The fraction of sp³-hybridized carbons (Fsp3) is 0.615. The fourth-order valence-electron chi connectivity index (χ4n) is 2.25. The van der Waals surface area contributed by atoms with Crippen molar-refractivity contribution in [2.45, 2.75) is 32.7 Å². The minimum atomic E-state index is -0.255. The lowest BCUT2D eigenvalue weighted by atomic mass is 10.1. The van der Waals surface area contributed by atoms with Crippen LogP contribution in [0.25, 0.3) is 5.65 Å². The zero-order valence-electron chi connectivity index (χ0n) is 12.1. The maximum Gasteiger partial charge on any atom is 0.349 e. The molecule has 110 valence electrons. The number of hydrogen-bond donors (Lipinski definition) is 2. The Bertz CT molecular complexity index is 619. The minimum Gasteiger partial charge on any atom is -0.383 e. The third-order valence-electron chi connectivity index (χ3n) is 3.13. The van der Waals surface area contributed by atoms with E-state index in [0.717, 1.165) is 25.1 Å². The minimum absolute atomic E-state index is 0.208. The molecule has 2 N–H and O–H groups in total. The highest BCUT2D eigenvalue weighted by molar-refractivity contribution is 5.38. The molecule has 0 saturated heterocycles. The normalized spacial score (nSPS) is 12.9. The lowest BCUT2D eigenvalue weighted by Crippen LogP contribution is -2.36. The Labute approximate surface area is 117 Å². The molecule has 0 aliphatic heterocycles. The Morgan fingerprint density at radius 2 is 2.35 bits per heavy atom. The number of methoxy groups -OCH3 is 1. The number of hydrogen-bond acceptors (Lipinski definition) is 5. The Kier molecular flexibility index (Phi) is 4.86. The summed E-state index contributed by atoms with van der Waals surface area (Å²) in [5.41, 5.74) is 1.25. The van der Waals surface area contributed by atoms with Gasteiger partial charge in [-0.15, -0.1) is 0 Å². The van der Waals surface area contributed by atoms with Crippen molar-refractivity contribution in [3.63, 3.8) is 0 Å². The molecule has 1 atom stereocenters. The average Bonchev–Trinajstić information content (AvgIpc) is 2.78. The number of fused-ring (bicyclic) bond motifs is 1. The van der Waals surface area contributed by atoms with E-state index < -0.39 is 0 Å². The van der Waals surface area contributed by atoms with Crippen molar-refractivity contribution in [3.05, 3.63) is 28.1 Å². The molecule has 0 aliphatic rings. The molecular formula is C13H21N5O2. The Balaban J connectivity index is 2.21. The van der Waals surface area contributed by atoms with Crippen LogP contribution in [0.15, 0.2) is 10.9 Å². The molecule has 7 heteroatoms. The lowest BCUT2D eigenvalue weighted by Gasteiger charge is -2.17. The quantitative estimate of drug-likeness (QED) is 0.760. The lowest BCUT2D eigenvalue weighted by molar-refractivity contribution is 0.165. The van der Waals surface area contributed by atoms with Crippen LogP contribution in [0.4, 0.5) is 0 Å². The van der Waals surface area contributed by atoms with E-state index in [4.69, 9.17) is 4.74 Å². The van der Waals surface area contributed by atoms with Crippen molar-refractivity contribution >= 4 is 5.65 Å². The number of aromatic amines is 1. The van der Waals surface area contributed by atoms with Crippen molar-refractivity contribution in [1.82, 2.24) is 24.9 Å². The molecule has 2 heterocycles. The number of H-pyrrole nitrogens is 1. The molecule has 0 saturated carbocycles. The first kappa shape index (κ1) is 14.7. The molecule has 2 rings (SSSR count). The number of nitrogens with zero attached hydrogens (tertiary/aromatic N) is 3. The molecule has 0 fully saturated rings. The largest absolute Gasteiger partial charge is 0.383 e. The van der Waals surface area contributed by atoms with Gasteiger partial charge in [-0.3, -0.25) is 0 Å². The van der Waals surface area contributed by atoms with Crippen LogP contribution in [-0.2, 0) is 11.2 Å². The summed E-state index contributed by atoms with van der Waals surface area (Å²) in [5, 5.41) is 9.85. The standard InChI is InChI=1S/C13H21N5O2/c1-4-5-14-11(8-20-3)6-10-7-12-16-17-13(19)18(12)9(2)15-10/h7,11,14H,4-6,8H2,1-3H3,(H,17,19). The van der Waals surface area contributed by atoms with E-state index in [9.17, 15) is 4.79 Å². The second-order valence-corrected chi connectivity index (χ2v) is 4.83. The zero-order chi connectivity index (χ0) is 14.5. The molecular weight excluding hydrogens is 258 g/mol. The summed E-state index contributed by atoms with van der Waals surface area (Å²) < 4.78 is 6.69. The Morgan fingerprint density at radius 3 is 3.05 bits per heavy atom. The second kappa shape index (κ2) is 6.62. The van der Waals surface area contributed by atoms with E-state index in [1.165, 1.54) is 4.40 Å². The van der Waals surface area contributed by atoms with Crippen LogP contribution < -0.4 is 11.0 Å². The van der Waals surface area contributed by atoms with Gasteiger partial charge in [0, 0.05) is 31.3 Å². The third-order valence-corrected chi connectivity index (χ3v) is 3.13. The average molecular weight is 279 g/mol. The van der Waals surface area contributed by atoms with Gasteiger partial charge in [0.2, 0.25) is 0 Å². The van der Waals surface area contributed by atoms with Crippen LogP contribution in [0.5, 0.6) is 0 Å². The van der Waals surface area contributed by atoms with Gasteiger partial charge in [0.15, 0.2) is 5.65 Å². The fourth-order valence-corrected chi connectivity index (χ4v) is 2.25. The number of rotatable bonds is 7. The van der Waals surface area contributed by atoms with E-state index in [1.807, 2.05) is 6.07 Å². The summed E-state index contributed by atoms with van der Waals surface area (Å²) >= 11 is 0. The predicted molar refractivity (Wildman–Crippen MR) is 76.0 cm³/mol. The summed E-state index contributed by atoms with van der Waals surface area (Å²) in [6.07, 6.45) is 1.81. The summed E-state index contributed by atoms with van der Waals surface area (Å²) in [5.74, 6) is 0.642. The van der Waals surface area contributed by atoms with Gasteiger partial charge in [-0.05, 0) is 19.9 Å². The molecule has 0 bridgehead atoms. The predicted octanol–water partition coefficient (Wildman–Crippen LogP) is 0.283. The highest BCUT2D eigenvalue weighted by Gasteiger charge is 2.12. The van der Waals surface area contributed by atoms with E-state index in [-0.39, 0.29) is 11.7 Å². The Morgan fingerprint density at radius 1 is 1.55 bits per heavy atom. The van der Waals surface area contributed by atoms with Crippen LogP contribution in [0.1, 0.15) is 24.9 Å². The molecule has 0 radical (unpaired) electrons. The zero-order valence-corrected chi connectivity index (χ0v) is 12.1. The van der Waals surface area contributed by atoms with Gasteiger partial charge in [0.1, 0.15) is 5.82 Å². The topological polar surface area (TPSA) is 84.3 Å². The van der Waals surface area contributed by atoms with Crippen LogP contribution in [0, 0.1) is 6.92 Å². The molecule has 2 aromatic rings. The van der Waals surface area contributed by atoms with Gasteiger partial charge < -0.3 is 10.1 Å². The van der Waals surface area contributed by atoms with Crippen LogP contribution in [-0.4, -0.2) is 45.9 Å². The van der Waals surface area contributed by atoms with Crippen LogP contribution in [0.3, 0.4) is 0 Å². The molecule has 7 nitrogen and oxygen atoms in total. The van der Waals surface area contributed by atoms with Gasteiger partial charge >= 0.3 is 5.69 Å². The van der Waals surface area contributed by atoms with Gasteiger partial charge in [-0.25, -0.2) is 19.3 Å². The van der Waals surface area contributed by atoms with Crippen LogP contribution >= 0.6 is 0 Å². The summed E-state index contributed by atoms with van der Waals surface area (Å²) in [4.78, 5) is 16.0. The molecule has 0 amide bonds. The molecule has 0 spiro atoms. The smallest absolute Gasteiger partial charge is 0.349 e. The van der Waals surface area contributed by atoms with Crippen molar-refractivity contribution in [1.29, 1.82) is 0 Å². The summed E-state index contributed by atoms with van der Waals surface area (Å²) in [7, 11) is 1.69. The van der Waals surface area contributed by atoms with Crippen LogP contribution in [0.2, 0.25) is 0 Å². The van der Waals surface area contributed by atoms with E-state index in [1.54, 1.807) is 14.0 Å². The van der Waals surface area contributed by atoms with Gasteiger partial charge in [-0.1, -0.05) is 6.92 Å². The summed E-state index contributed by atoms with van der Waals surface area (Å²) in [6, 6.07) is 2.04. The molecule has 1 unspecified atom stereocenters. The number of nitrogens with one attached hydrogen (secondary N) is 2.